The number of benzene rings is 1. The van der Waals surface area contributed by atoms with Gasteiger partial charge in [-0.3, -0.25) is 0 Å². The fraction of sp³-hybridized carbons (Fsp3) is 0.682. The number of aliphatic imine (C=N–C) groups is 1. The van der Waals surface area contributed by atoms with Gasteiger partial charge in [0.25, 0.3) is 0 Å². The van der Waals surface area contributed by atoms with Crippen molar-refractivity contribution in [1.82, 2.24) is 15.5 Å². The summed E-state index contributed by atoms with van der Waals surface area (Å²) in [6.45, 7) is 11.5. The summed E-state index contributed by atoms with van der Waals surface area (Å²) in [5.74, 6) is 1.76. The first-order valence-electron chi connectivity index (χ1n) is 10.7. The first-order chi connectivity index (χ1) is 13.7. The summed E-state index contributed by atoms with van der Waals surface area (Å²) >= 11 is 0. The maximum Gasteiger partial charge on any atom is 0.191 e. The summed E-state index contributed by atoms with van der Waals surface area (Å²) in [7, 11) is 1.68. The third-order valence-corrected chi connectivity index (χ3v) is 4.91. The van der Waals surface area contributed by atoms with E-state index in [1.165, 1.54) is 44.5 Å². The molecule has 1 heterocycles. The van der Waals surface area contributed by atoms with Crippen LogP contribution < -0.4 is 15.4 Å². The molecule has 158 valence electrons. The van der Waals surface area contributed by atoms with Crippen LogP contribution in [0.3, 0.4) is 0 Å². The number of nitrogens with zero attached hydrogens (tertiary/aromatic N) is 2. The number of unbranched alkanes of at least 4 members (excludes halogenated alkanes) is 1. The Bertz CT molecular complexity index is 586. The molecule has 0 amide bonds. The number of nitrogens with one attached hydrogen (secondary N) is 2. The Kier molecular flexibility index (Phi) is 10.8. The summed E-state index contributed by atoms with van der Waals surface area (Å²) in [6.07, 6.45) is 5.13. The summed E-state index contributed by atoms with van der Waals surface area (Å²) < 4.78 is 11.0. The largest absolute Gasteiger partial charge is 0.491 e. The number of rotatable bonds is 12. The second kappa shape index (κ2) is 13.4. The minimum absolute atomic E-state index is 0.548. The van der Waals surface area contributed by atoms with Gasteiger partial charge in [-0.1, -0.05) is 12.1 Å². The molecular weight excluding hydrogens is 352 g/mol. The zero-order valence-corrected chi connectivity index (χ0v) is 17.9. The first kappa shape index (κ1) is 22.5. The lowest BCUT2D eigenvalue weighted by Crippen LogP contribution is -2.38. The number of ether oxygens (including phenoxy) is 2. The van der Waals surface area contributed by atoms with Crippen LogP contribution >= 0.6 is 0 Å². The fourth-order valence-corrected chi connectivity index (χ4v) is 3.34. The van der Waals surface area contributed by atoms with Crippen molar-refractivity contribution < 1.29 is 9.47 Å². The molecule has 0 aromatic heterocycles. The van der Waals surface area contributed by atoms with Gasteiger partial charge in [-0.15, -0.1) is 0 Å². The Morgan fingerprint density at radius 1 is 1.14 bits per heavy atom. The predicted octanol–water partition coefficient (Wildman–Crippen LogP) is 2.95. The second-order valence-electron chi connectivity index (χ2n) is 7.33. The highest BCUT2D eigenvalue weighted by Crippen LogP contribution is 2.21. The van der Waals surface area contributed by atoms with Crippen molar-refractivity contribution in [3.63, 3.8) is 0 Å². The van der Waals surface area contributed by atoms with Crippen LogP contribution in [0.1, 0.15) is 43.7 Å². The van der Waals surface area contributed by atoms with Crippen LogP contribution in [0.2, 0.25) is 0 Å². The summed E-state index contributed by atoms with van der Waals surface area (Å²) in [6, 6.07) is 6.27. The molecule has 0 unspecified atom stereocenters. The van der Waals surface area contributed by atoms with Crippen molar-refractivity contribution in [2.24, 2.45) is 4.99 Å². The SMILES string of the molecule is CCNC(=NCc1ccc(C)cc1OCCOC)NCCCCN1CCCC1. The van der Waals surface area contributed by atoms with E-state index in [1.807, 2.05) is 0 Å². The Hall–Kier alpha value is -1.79. The number of likely N-dealkylation sites (tertiary alicyclic amines) is 1. The molecule has 1 fully saturated rings. The van der Waals surface area contributed by atoms with Gasteiger partial charge in [-0.25, -0.2) is 4.99 Å². The summed E-state index contributed by atoms with van der Waals surface area (Å²) in [5, 5.41) is 6.79. The Morgan fingerprint density at radius 3 is 2.71 bits per heavy atom. The van der Waals surface area contributed by atoms with Crippen molar-refractivity contribution in [3.8, 4) is 5.75 Å². The number of methoxy groups -OCH3 is 1. The van der Waals surface area contributed by atoms with Crippen LogP contribution in [-0.2, 0) is 11.3 Å². The van der Waals surface area contributed by atoms with Crippen LogP contribution in [0.4, 0.5) is 0 Å². The van der Waals surface area contributed by atoms with Crippen LogP contribution in [0.15, 0.2) is 23.2 Å². The molecular formula is C22H38N4O2. The normalized spacial score (nSPS) is 15.0. The fourth-order valence-electron chi connectivity index (χ4n) is 3.34. The molecule has 1 aromatic carbocycles. The Labute approximate surface area is 170 Å². The van der Waals surface area contributed by atoms with E-state index in [2.05, 4.69) is 47.6 Å². The van der Waals surface area contributed by atoms with Gasteiger partial charge < -0.3 is 25.0 Å². The topological polar surface area (TPSA) is 58.1 Å². The van der Waals surface area contributed by atoms with E-state index >= 15 is 0 Å². The average molecular weight is 391 g/mol. The molecule has 0 spiro atoms. The van der Waals surface area contributed by atoms with E-state index in [0.717, 1.165) is 36.8 Å². The van der Waals surface area contributed by atoms with E-state index in [9.17, 15) is 0 Å². The number of hydrogen-bond acceptors (Lipinski definition) is 4. The average Bonchev–Trinajstić information content (AvgIpc) is 3.20. The van der Waals surface area contributed by atoms with E-state index in [4.69, 9.17) is 14.5 Å². The third kappa shape index (κ3) is 8.48. The minimum Gasteiger partial charge on any atom is -0.491 e. The van der Waals surface area contributed by atoms with Crippen molar-refractivity contribution in [2.45, 2.75) is 46.1 Å². The standard InChI is InChI=1S/C22H38N4O2/c1-4-23-22(24-11-5-6-12-26-13-7-8-14-26)25-18-20-10-9-19(2)17-21(20)28-16-15-27-3/h9-10,17H,4-8,11-16,18H2,1-3H3,(H2,23,24,25). The van der Waals surface area contributed by atoms with Crippen molar-refractivity contribution >= 4 is 5.96 Å². The lowest BCUT2D eigenvalue weighted by atomic mass is 10.1. The third-order valence-electron chi connectivity index (χ3n) is 4.91. The highest BCUT2D eigenvalue weighted by Gasteiger charge is 2.10. The molecule has 28 heavy (non-hydrogen) atoms. The molecule has 0 aliphatic carbocycles. The maximum atomic E-state index is 5.87. The van der Waals surface area contributed by atoms with Crippen molar-refractivity contribution in [2.75, 3.05) is 53.0 Å². The van der Waals surface area contributed by atoms with Crippen molar-refractivity contribution in [3.05, 3.63) is 29.3 Å². The van der Waals surface area contributed by atoms with Crippen LogP contribution in [0.25, 0.3) is 0 Å². The van der Waals surface area contributed by atoms with Crippen LogP contribution in [0.5, 0.6) is 5.75 Å². The maximum absolute atomic E-state index is 5.87. The highest BCUT2D eigenvalue weighted by atomic mass is 16.5. The number of guanidine groups is 1. The van der Waals surface area contributed by atoms with Gasteiger partial charge >= 0.3 is 0 Å². The van der Waals surface area contributed by atoms with E-state index in [0.29, 0.717) is 19.8 Å². The summed E-state index contributed by atoms with van der Waals surface area (Å²) in [4.78, 5) is 7.32. The Balaban J connectivity index is 1.81. The zero-order chi connectivity index (χ0) is 20.0. The monoisotopic (exact) mass is 390 g/mol. The van der Waals surface area contributed by atoms with Gasteiger partial charge in [0.1, 0.15) is 12.4 Å². The molecule has 2 rings (SSSR count). The molecule has 6 nitrogen and oxygen atoms in total. The van der Waals surface area contributed by atoms with Crippen LogP contribution in [-0.4, -0.2) is 63.9 Å². The summed E-state index contributed by atoms with van der Waals surface area (Å²) in [5.41, 5.74) is 2.27. The quantitative estimate of drug-likeness (QED) is 0.326. The predicted molar refractivity (Wildman–Crippen MR) is 116 cm³/mol. The molecule has 0 saturated carbocycles. The van der Waals surface area contributed by atoms with Gasteiger partial charge in [0.15, 0.2) is 5.96 Å². The second-order valence-corrected chi connectivity index (χ2v) is 7.33. The lowest BCUT2D eigenvalue weighted by Gasteiger charge is -2.15. The molecule has 0 bridgehead atoms. The lowest BCUT2D eigenvalue weighted by molar-refractivity contribution is 0.145. The molecule has 1 aromatic rings. The van der Waals surface area contributed by atoms with Crippen molar-refractivity contribution in [1.29, 1.82) is 0 Å². The zero-order valence-electron chi connectivity index (χ0n) is 17.9. The smallest absolute Gasteiger partial charge is 0.191 e. The Morgan fingerprint density at radius 2 is 1.96 bits per heavy atom. The first-order valence-corrected chi connectivity index (χ1v) is 10.7. The van der Waals surface area contributed by atoms with Gasteiger partial charge in [0.05, 0.1) is 13.2 Å². The highest BCUT2D eigenvalue weighted by molar-refractivity contribution is 5.79. The van der Waals surface area contributed by atoms with Gasteiger partial charge in [0.2, 0.25) is 0 Å². The van der Waals surface area contributed by atoms with E-state index in [-0.39, 0.29) is 0 Å². The van der Waals surface area contributed by atoms with Gasteiger partial charge in [0, 0.05) is 25.8 Å². The molecule has 1 saturated heterocycles. The molecule has 6 heteroatoms. The van der Waals surface area contributed by atoms with Gasteiger partial charge in [-0.2, -0.15) is 0 Å². The molecule has 1 aliphatic rings. The van der Waals surface area contributed by atoms with E-state index < -0.39 is 0 Å². The minimum atomic E-state index is 0.548. The molecule has 2 N–H and O–H groups in total. The van der Waals surface area contributed by atoms with Crippen LogP contribution in [0, 0.1) is 6.92 Å². The van der Waals surface area contributed by atoms with Gasteiger partial charge in [-0.05, 0) is 70.8 Å². The molecule has 0 atom stereocenters. The molecule has 0 radical (unpaired) electrons. The molecule has 1 aliphatic heterocycles. The number of hydrogen-bond donors (Lipinski definition) is 2. The number of aryl methyl sites for hydroxylation is 1. The van der Waals surface area contributed by atoms with E-state index in [1.54, 1.807) is 7.11 Å².